The van der Waals surface area contributed by atoms with Crippen LogP contribution in [0.25, 0.3) is 17.1 Å². The van der Waals surface area contributed by atoms with Crippen molar-refractivity contribution in [2.45, 2.75) is 13.3 Å². The largest absolute Gasteiger partial charge is 0.508 e. The molecule has 2 aromatic carbocycles. The van der Waals surface area contributed by atoms with Gasteiger partial charge in [-0.3, -0.25) is 9.67 Å². The van der Waals surface area contributed by atoms with E-state index in [0.717, 1.165) is 11.4 Å². The Balaban J connectivity index is 2.22. The lowest BCUT2D eigenvalue weighted by atomic mass is 10.1. The van der Waals surface area contributed by atoms with E-state index in [2.05, 4.69) is 15.5 Å². The average molecular weight is 372 g/mol. The first kappa shape index (κ1) is 17.8. The normalized spacial score (nSPS) is 10.7. The standard InChI is InChI=1S/C18H20N4O3S/c1-4-10-7-12(15(24)9-14(10)23)17-20-21-18(26)22(17)11-5-6-16(25-3)13(8-11)19-2/h5-9,19,23-24H,4H2,1-3H3,(H,21,26). The highest BCUT2D eigenvalue weighted by atomic mass is 32.1. The minimum Gasteiger partial charge on any atom is -0.508 e. The van der Waals surface area contributed by atoms with E-state index >= 15 is 0 Å². The molecule has 3 rings (SSSR count). The number of aromatic amines is 1. The van der Waals surface area contributed by atoms with Crippen molar-refractivity contribution in [2.24, 2.45) is 0 Å². The molecule has 0 unspecified atom stereocenters. The Hall–Kier alpha value is -3.00. The molecule has 3 aromatic rings. The summed E-state index contributed by atoms with van der Waals surface area (Å²) < 4.78 is 7.44. The fraction of sp³-hybridized carbons (Fsp3) is 0.222. The summed E-state index contributed by atoms with van der Waals surface area (Å²) in [5.74, 6) is 1.14. The van der Waals surface area contributed by atoms with Gasteiger partial charge >= 0.3 is 0 Å². The Labute approximate surface area is 155 Å². The first-order chi connectivity index (χ1) is 12.5. The SMILES string of the molecule is CCc1cc(-c2n[nH]c(=S)n2-c2ccc(OC)c(NC)c2)c(O)cc1O. The zero-order valence-electron chi connectivity index (χ0n) is 14.7. The third kappa shape index (κ3) is 2.99. The number of nitrogens with one attached hydrogen (secondary N) is 2. The van der Waals surface area contributed by atoms with Crippen molar-refractivity contribution in [1.82, 2.24) is 14.8 Å². The molecule has 0 spiro atoms. The van der Waals surface area contributed by atoms with Crippen LogP contribution < -0.4 is 10.1 Å². The molecular formula is C18H20N4O3S. The molecule has 136 valence electrons. The second kappa shape index (κ2) is 7.09. The van der Waals surface area contributed by atoms with Crippen LogP contribution in [0.4, 0.5) is 5.69 Å². The summed E-state index contributed by atoms with van der Waals surface area (Å²) in [7, 11) is 3.40. The van der Waals surface area contributed by atoms with Crippen molar-refractivity contribution in [3.63, 3.8) is 0 Å². The number of ether oxygens (including phenoxy) is 1. The van der Waals surface area contributed by atoms with Crippen molar-refractivity contribution in [1.29, 1.82) is 0 Å². The van der Waals surface area contributed by atoms with Gasteiger partial charge in [0, 0.05) is 13.1 Å². The van der Waals surface area contributed by atoms with Crippen LogP contribution in [0, 0.1) is 4.77 Å². The highest BCUT2D eigenvalue weighted by Gasteiger charge is 2.17. The van der Waals surface area contributed by atoms with Crippen molar-refractivity contribution in [3.05, 3.63) is 40.7 Å². The highest BCUT2D eigenvalue weighted by Crippen LogP contribution is 2.36. The maximum atomic E-state index is 10.3. The van der Waals surface area contributed by atoms with E-state index in [-0.39, 0.29) is 11.5 Å². The minimum absolute atomic E-state index is 0.0522. The summed E-state index contributed by atoms with van der Waals surface area (Å²) in [6.07, 6.45) is 0.622. The van der Waals surface area contributed by atoms with Crippen LogP contribution >= 0.6 is 12.2 Å². The van der Waals surface area contributed by atoms with E-state index in [1.54, 1.807) is 24.8 Å². The number of nitrogens with zero attached hydrogens (tertiary/aromatic N) is 2. The first-order valence-corrected chi connectivity index (χ1v) is 8.49. The molecule has 1 heterocycles. The van der Waals surface area contributed by atoms with Crippen LogP contribution in [0.2, 0.25) is 0 Å². The van der Waals surface area contributed by atoms with Gasteiger partial charge in [0.05, 0.1) is 24.0 Å². The second-order valence-corrected chi connectivity index (χ2v) is 6.06. The molecule has 0 saturated heterocycles. The Morgan fingerprint density at radius 3 is 2.65 bits per heavy atom. The lowest BCUT2D eigenvalue weighted by molar-refractivity contribution is 0.416. The molecule has 0 atom stereocenters. The van der Waals surface area contributed by atoms with E-state index in [9.17, 15) is 10.2 Å². The third-order valence-corrected chi connectivity index (χ3v) is 4.48. The number of rotatable bonds is 5. The highest BCUT2D eigenvalue weighted by molar-refractivity contribution is 7.71. The molecule has 0 bridgehead atoms. The summed E-state index contributed by atoms with van der Waals surface area (Å²) in [6.45, 7) is 1.93. The van der Waals surface area contributed by atoms with Gasteiger partial charge in [0.25, 0.3) is 0 Å². The van der Waals surface area contributed by atoms with Crippen LogP contribution in [-0.4, -0.2) is 39.1 Å². The summed E-state index contributed by atoms with van der Waals surface area (Å²) in [5.41, 5.74) is 2.75. The Morgan fingerprint density at radius 1 is 1.23 bits per heavy atom. The van der Waals surface area contributed by atoms with E-state index in [0.29, 0.717) is 33.9 Å². The molecule has 0 aliphatic rings. The number of H-pyrrole nitrogens is 1. The zero-order valence-corrected chi connectivity index (χ0v) is 15.5. The topological polar surface area (TPSA) is 95.3 Å². The van der Waals surface area contributed by atoms with Gasteiger partial charge < -0.3 is 20.3 Å². The van der Waals surface area contributed by atoms with Crippen LogP contribution in [0.1, 0.15) is 12.5 Å². The first-order valence-electron chi connectivity index (χ1n) is 8.09. The second-order valence-electron chi connectivity index (χ2n) is 5.67. The maximum absolute atomic E-state index is 10.3. The zero-order chi connectivity index (χ0) is 18.8. The number of aryl methyl sites for hydroxylation is 1. The Bertz CT molecular complexity index is 1010. The molecule has 8 heteroatoms. The van der Waals surface area contributed by atoms with Crippen molar-refractivity contribution < 1.29 is 14.9 Å². The number of phenolic OH excluding ortho intramolecular Hbond substituents is 2. The van der Waals surface area contributed by atoms with Gasteiger partial charge in [0.15, 0.2) is 10.6 Å². The smallest absolute Gasteiger partial charge is 0.200 e. The van der Waals surface area contributed by atoms with E-state index in [1.165, 1.54) is 6.07 Å². The maximum Gasteiger partial charge on any atom is 0.200 e. The molecule has 0 saturated carbocycles. The van der Waals surface area contributed by atoms with Crippen molar-refractivity contribution in [2.75, 3.05) is 19.5 Å². The Kier molecular flexibility index (Phi) is 4.85. The molecule has 0 amide bonds. The van der Waals surface area contributed by atoms with Gasteiger partial charge in [0.2, 0.25) is 0 Å². The molecule has 4 N–H and O–H groups in total. The molecule has 0 aliphatic carbocycles. The number of aromatic nitrogens is 3. The van der Waals surface area contributed by atoms with Gasteiger partial charge in [-0.15, -0.1) is 0 Å². The van der Waals surface area contributed by atoms with Gasteiger partial charge in [-0.05, 0) is 48.5 Å². The summed E-state index contributed by atoms with van der Waals surface area (Å²) >= 11 is 5.39. The molecule has 1 aromatic heterocycles. The van der Waals surface area contributed by atoms with Gasteiger partial charge in [0.1, 0.15) is 17.2 Å². The van der Waals surface area contributed by atoms with Crippen LogP contribution in [0.15, 0.2) is 30.3 Å². The monoisotopic (exact) mass is 372 g/mol. The minimum atomic E-state index is -0.0719. The number of benzene rings is 2. The quantitative estimate of drug-likeness (QED) is 0.511. The number of anilines is 1. The molecule has 0 aliphatic heterocycles. The molecule has 26 heavy (non-hydrogen) atoms. The fourth-order valence-electron chi connectivity index (χ4n) is 2.83. The fourth-order valence-corrected chi connectivity index (χ4v) is 3.07. The number of hydrogen-bond donors (Lipinski definition) is 4. The predicted octanol–water partition coefficient (Wildman–Crippen LogP) is 3.62. The molecular weight excluding hydrogens is 352 g/mol. The van der Waals surface area contributed by atoms with E-state index < -0.39 is 0 Å². The lowest BCUT2D eigenvalue weighted by Gasteiger charge is -2.13. The number of methoxy groups -OCH3 is 1. The van der Waals surface area contributed by atoms with Gasteiger partial charge in [-0.1, -0.05) is 6.92 Å². The predicted molar refractivity (Wildman–Crippen MR) is 103 cm³/mol. The molecule has 0 radical (unpaired) electrons. The third-order valence-electron chi connectivity index (χ3n) is 4.20. The summed E-state index contributed by atoms with van der Waals surface area (Å²) in [5, 5.41) is 30.4. The van der Waals surface area contributed by atoms with Crippen molar-refractivity contribution in [3.8, 4) is 34.3 Å². The van der Waals surface area contributed by atoms with Crippen LogP contribution in [0.3, 0.4) is 0 Å². The molecule has 7 nitrogen and oxygen atoms in total. The van der Waals surface area contributed by atoms with E-state index in [1.807, 2.05) is 25.1 Å². The lowest BCUT2D eigenvalue weighted by Crippen LogP contribution is -2.01. The van der Waals surface area contributed by atoms with Gasteiger partial charge in [-0.25, -0.2) is 0 Å². The van der Waals surface area contributed by atoms with E-state index in [4.69, 9.17) is 17.0 Å². The molecule has 0 fully saturated rings. The Morgan fingerprint density at radius 2 is 2.00 bits per heavy atom. The summed E-state index contributed by atoms with van der Waals surface area (Å²) in [4.78, 5) is 0. The number of hydrogen-bond acceptors (Lipinski definition) is 6. The summed E-state index contributed by atoms with van der Waals surface area (Å²) in [6, 6.07) is 8.60. The number of phenols is 2. The van der Waals surface area contributed by atoms with Gasteiger partial charge in [-0.2, -0.15) is 5.10 Å². The van der Waals surface area contributed by atoms with Crippen LogP contribution in [0.5, 0.6) is 17.2 Å². The number of aromatic hydroxyl groups is 2. The average Bonchev–Trinajstić information content (AvgIpc) is 3.02. The van der Waals surface area contributed by atoms with Crippen molar-refractivity contribution >= 4 is 17.9 Å². The van der Waals surface area contributed by atoms with Crippen LogP contribution in [-0.2, 0) is 6.42 Å².